The Hall–Kier alpha value is -2.32. The van der Waals surface area contributed by atoms with Crippen molar-refractivity contribution in [3.05, 3.63) is 47.2 Å². The van der Waals surface area contributed by atoms with Crippen LogP contribution in [0.3, 0.4) is 0 Å². The van der Waals surface area contributed by atoms with Crippen molar-refractivity contribution in [1.82, 2.24) is 4.31 Å². The van der Waals surface area contributed by atoms with Gasteiger partial charge in [0.25, 0.3) is 10.0 Å². The fraction of sp³-hybridized carbons (Fsp3) is 0.267. The standard InChI is InChI=1S/C15H15NO6S/c1-10-8-13(22-14(10)15(17)18)23(19,20)16-6-7-21-12-5-3-2-4-11(12)9-16/h2-5,8H,6-7,9H2,1H3,(H,17,18). The van der Waals surface area contributed by atoms with E-state index in [1.807, 2.05) is 6.07 Å². The van der Waals surface area contributed by atoms with Gasteiger partial charge < -0.3 is 14.3 Å². The first-order valence-corrected chi connectivity index (χ1v) is 8.38. The lowest BCUT2D eigenvalue weighted by molar-refractivity contribution is 0.0655. The molecule has 0 aliphatic carbocycles. The van der Waals surface area contributed by atoms with Crippen molar-refractivity contribution in [2.45, 2.75) is 18.6 Å². The number of ether oxygens (including phenoxy) is 1. The topological polar surface area (TPSA) is 97.0 Å². The van der Waals surface area contributed by atoms with E-state index in [2.05, 4.69) is 0 Å². The lowest BCUT2D eigenvalue weighted by Gasteiger charge is -2.17. The number of hydrogen-bond donors (Lipinski definition) is 1. The zero-order valence-electron chi connectivity index (χ0n) is 12.4. The molecule has 1 aliphatic rings. The molecule has 0 amide bonds. The van der Waals surface area contributed by atoms with E-state index in [9.17, 15) is 13.2 Å². The maximum Gasteiger partial charge on any atom is 0.372 e. The van der Waals surface area contributed by atoms with E-state index in [-0.39, 0.29) is 36.1 Å². The maximum absolute atomic E-state index is 12.7. The van der Waals surface area contributed by atoms with Gasteiger partial charge in [0, 0.05) is 30.3 Å². The summed E-state index contributed by atoms with van der Waals surface area (Å²) < 4.78 is 37.3. The number of furan rings is 1. The Morgan fingerprint density at radius 3 is 2.74 bits per heavy atom. The van der Waals surface area contributed by atoms with Crippen LogP contribution in [-0.4, -0.2) is 37.0 Å². The second-order valence-corrected chi connectivity index (χ2v) is 7.05. The normalized spacial score (nSPS) is 15.5. The highest BCUT2D eigenvalue weighted by Crippen LogP contribution is 2.28. The number of aryl methyl sites for hydroxylation is 1. The second kappa shape index (κ2) is 5.71. The monoisotopic (exact) mass is 337 g/mol. The van der Waals surface area contributed by atoms with Gasteiger partial charge in [0.1, 0.15) is 12.4 Å². The van der Waals surface area contributed by atoms with Crippen LogP contribution >= 0.6 is 0 Å². The lowest BCUT2D eigenvalue weighted by Crippen LogP contribution is -2.32. The second-order valence-electron chi connectivity index (χ2n) is 5.18. The van der Waals surface area contributed by atoms with Gasteiger partial charge in [-0.3, -0.25) is 0 Å². The quantitative estimate of drug-likeness (QED) is 0.918. The molecule has 3 rings (SSSR count). The predicted octanol–water partition coefficient (Wildman–Crippen LogP) is 1.87. The van der Waals surface area contributed by atoms with Crippen molar-refractivity contribution in [1.29, 1.82) is 0 Å². The highest BCUT2D eigenvalue weighted by atomic mass is 32.2. The van der Waals surface area contributed by atoms with E-state index < -0.39 is 16.0 Å². The number of nitrogens with zero attached hydrogens (tertiary/aromatic N) is 1. The van der Waals surface area contributed by atoms with Crippen LogP contribution in [0.15, 0.2) is 39.8 Å². The zero-order chi connectivity index (χ0) is 16.6. The molecule has 0 radical (unpaired) electrons. The fourth-order valence-corrected chi connectivity index (χ4v) is 3.82. The molecule has 0 fully saturated rings. The van der Waals surface area contributed by atoms with Crippen molar-refractivity contribution < 1.29 is 27.5 Å². The summed E-state index contributed by atoms with van der Waals surface area (Å²) in [6, 6.07) is 8.43. The largest absolute Gasteiger partial charge is 0.492 e. The van der Waals surface area contributed by atoms with Gasteiger partial charge >= 0.3 is 5.97 Å². The van der Waals surface area contributed by atoms with Gasteiger partial charge in [-0.15, -0.1) is 0 Å². The van der Waals surface area contributed by atoms with Crippen LogP contribution < -0.4 is 4.74 Å². The minimum Gasteiger partial charge on any atom is -0.492 e. The molecular formula is C15H15NO6S. The first kappa shape index (κ1) is 15.6. The molecule has 2 aromatic rings. The number of carboxylic acid groups (broad SMARTS) is 1. The van der Waals surface area contributed by atoms with Crippen LogP contribution in [0.2, 0.25) is 0 Å². The molecule has 23 heavy (non-hydrogen) atoms. The first-order chi connectivity index (χ1) is 10.9. The van der Waals surface area contributed by atoms with Crippen LogP contribution in [0, 0.1) is 6.92 Å². The number of sulfonamides is 1. The molecule has 7 nitrogen and oxygen atoms in total. The summed E-state index contributed by atoms with van der Waals surface area (Å²) in [7, 11) is -3.94. The molecule has 0 unspecified atom stereocenters. The minimum absolute atomic E-state index is 0.140. The van der Waals surface area contributed by atoms with Crippen LogP contribution in [0.1, 0.15) is 21.7 Å². The number of fused-ring (bicyclic) bond motifs is 1. The number of carboxylic acids is 1. The molecule has 0 saturated heterocycles. The summed E-state index contributed by atoms with van der Waals surface area (Å²) in [5, 5.41) is 8.64. The van der Waals surface area contributed by atoms with E-state index in [0.29, 0.717) is 5.75 Å². The molecular weight excluding hydrogens is 322 g/mol. The number of aromatic carboxylic acids is 1. The van der Waals surface area contributed by atoms with Gasteiger partial charge in [-0.25, -0.2) is 13.2 Å². The Morgan fingerprint density at radius 2 is 2.04 bits per heavy atom. The molecule has 1 aromatic carbocycles. The summed E-state index contributed by atoms with van der Waals surface area (Å²) in [6.45, 7) is 1.99. The van der Waals surface area contributed by atoms with Crippen LogP contribution in [0.4, 0.5) is 0 Å². The van der Waals surface area contributed by atoms with Crippen molar-refractivity contribution in [2.75, 3.05) is 13.2 Å². The molecule has 0 spiro atoms. The van der Waals surface area contributed by atoms with Gasteiger partial charge in [0.05, 0.1) is 0 Å². The van der Waals surface area contributed by atoms with E-state index in [1.165, 1.54) is 17.3 Å². The Labute approximate surface area is 133 Å². The Bertz CT molecular complexity index is 855. The number of para-hydroxylation sites is 1. The van der Waals surface area contributed by atoms with Crippen molar-refractivity contribution in [3.63, 3.8) is 0 Å². The molecule has 2 heterocycles. The number of hydrogen-bond acceptors (Lipinski definition) is 5. The third-order valence-electron chi connectivity index (χ3n) is 3.60. The molecule has 1 aromatic heterocycles. The molecule has 0 bridgehead atoms. The molecule has 1 aliphatic heterocycles. The SMILES string of the molecule is Cc1cc(S(=O)(=O)N2CCOc3ccccc3C2)oc1C(=O)O. The van der Waals surface area contributed by atoms with E-state index in [1.54, 1.807) is 18.2 Å². The molecule has 1 N–H and O–H groups in total. The Balaban J connectivity index is 1.97. The maximum atomic E-state index is 12.7. The van der Waals surface area contributed by atoms with Gasteiger partial charge in [0.2, 0.25) is 10.9 Å². The predicted molar refractivity (Wildman–Crippen MR) is 79.9 cm³/mol. The number of benzene rings is 1. The summed E-state index contributed by atoms with van der Waals surface area (Å²) in [5.41, 5.74) is 1.01. The van der Waals surface area contributed by atoms with Gasteiger partial charge in [0.15, 0.2) is 0 Å². The van der Waals surface area contributed by atoms with Crippen LogP contribution in [0.25, 0.3) is 0 Å². The zero-order valence-corrected chi connectivity index (χ0v) is 13.2. The molecule has 8 heteroatoms. The van der Waals surface area contributed by atoms with Gasteiger partial charge in [-0.2, -0.15) is 4.31 Å². The summed E-state index contributed by atoms with van der Waals surface area (Å²) >= 11 is 0. The van der Waals surface area contributed by atoms with Gasteiger partial charge in [-0.05, 0) is 13.0 Å². The third kappa shape index (κ3) is 2.82. The average Bonchev–Trinajstić information content (AvgIpc) is 2.78. The van der Waals surface area contributed by atoms with Crippen LogP contribution in [-0.2, 0) is 16.6 Å². The number of carbonyl (C=O) groups is 1. The fourth-order valence-electron chi connectivity index (χ4n) is 2.43. The Morgan fingerprint density at radius 1 is 1.30 bits per heavy atom. The first-order valence-electron chi connectivity index (χ1n) is 6.94. The van der Waals surface area contributed by atoms with E-state index in [4.69, 9.17) is 14.3 Å². The number of rotatable bonds is 3. The van der Waals surface area contributed by atoms with Crippen molar-refractivity contribution in [3.8, 4) is 5.75 Å². The smallest absolute Gasteiger partial charge is 0.372 e. The highest BCUT2D eigenvalue weighted by Gasteiger charge is 2.32. The van der Waals surface area contributed by atoms with Crippen LogP contribution in [0.5, 0.6) is 5.75 Å². The van der Waals surface area contributed by atoms with Crippen molar-refractivity contribution >= 4 is 16.0 Å². The van der Waals surface area contributed by atoms with Crippen molar-refractivity contribution in [2.24, 2.45) is 0 Å². The lowest BCUT2D eigenvalue weighted by atomic mass is 10.2. The molecule has 0 saturated carbocycles. The summed E-state index contributed by atoms with van der Waals surface area (Å²) in [5.74, 6) is -1.02. The third-order valence-corrected chi connectivity index (χ3v) is 5.30. The van der Waals surface area contributed by atoms with Gasteiger partial charge in [-0.1, -0.05) is 18.2 Å². The highest BCUT2D eigenvalue weighted by molar-refractivity contribution is 7.89. The summed E-state index contributed by atoms with van der Waals surface area (Å²) in [4.78, 5) is 11.0. The average molecular weight is 337 g/mol. The minimum atomic E-state index is -3.94. The Kier molecular flexibility index (Phi) is 3.87. The molecule has 0 atom stereocenters. The molecule has 122 valence electrons. The van der Waals surface area contributed by atoms with E-state index >= 15 is 0 Å². The van der Waals surface area contributed by atoms with E-state index in [0.717, 1.165) is 5.56 Å². The summed E-state index contributed by atoms with van der Waals surface area (Å²) in [6.07, 6.45) is 0.